The van der Waals surface area contributed by atoms with Gasteiger partial charge in [-0.15, -0.1) is 0 Å². The topological polar surface area (TPSA) is 75.6 Å². The van der Waals surface area contributed by atoms with Crippen molar-refractivity contribution in [3.63, 3.8) is 0 Å². The third kappa shape index (κ3) is 6.35. The van der Waals surface area contributed by atoms with Crippen molar-refractivity contribution in [2.75, 3.05) is 6.61 Å². The highest BCUT2D eigenvalue weighted by Crippen LogP contribution is 2.27. The molecule has 1 aromatic carbocycles. The zero-order valence-electron chi connectivity index (χ0n) is 11.7. The molecule has 0 aromatic heterocycles. The van der Waals surface area contributed by atoms with Crippen LogP contribution in [0.1, 0.15) is 20.3 Å². The van der Waals surface area contributed by atoms with Gasteiger partial charge in [0, 0.05) is 10.5 Å². The summed E-state index contributed by atoms with van der Waals surface area (Å²) in [7, 11) is 0. The minimum absolute atomic E-state index is 0.0151. The smallest absolute Gasteiger partial charge is 0.305 e. The summed E-state index contributed by atoms with van der Waals surface area (Å²) >= 11 is 9.25. The average Bonchev–Trinajstić information content (AvgIpc) is 2.36. The van der Waals surface area contributed by atoms with Crippen LogP contribution in [0.5, 0.6) is 5.75 Å². The second-order valence-corrected chi connectivity index (χ2v) is 6.20. The molecule has 1 amide bonds. The number of halogens is 2. The van der Waals surface area contributed by atoms with Crippen molar-refractivity contribution in [3.05, 3.63) is 27.7 Å². The molecule has 0 radical (unpaired) electrons. The number of amides is 1. The van der Waals surface area contributed by atoms with Crippen LogP contribution in [0.2, 0.25) is 5.02 Å². The van der Waals surface area contributed by atoms with Gasteiger partial charge in [0.1, 0.15) is 5.75 Å². The summed E-state index contributed by atoms with van der Waals surface area (Å²) in [6.07, 6.45) is -0.123. The molecule has 0 saturated carbocycles. The Balaban J connectivity index is 2.54. The summed E-state index contributed by atoms with van der Waals surface area (Å²) in [4.78, 5) is 22.6. The molecule has 0 aliphatic carbocycles. The first kappa shape index (κ1) is 17.8. The van der Waals surface area contributed by atoms with Crippen LogP contribution in [0.4, 0.5) is 0 Å². The summed E-state index contributed by atoms with van der Waals surface area (Å²) in [5.41, 5.74) is 0. The van der Waals surface area contributed by atoms with Crippen LogP contribution in [0.25, 0.3) is 0 Å². The van der Waals surface area contributed by atoms with E-state index in [1.54, 1.807) is 18.2 Å². The van der Waals surface area contributed by atoms with E-state index >= 15 is 0 Å². The predicted molar refractivity (Wildman–Crippen MR) is 83.7 cm³/mol. The Hall–Kier alpha value is -1.27. The van der Waals surface area contributed by atoms with E-state index in [0.29, 0.717) is 10.8 Å². The lowest BCUT2D eigenvalue weighted by atomic mass is 10.0. The van der Waals surface area contributed by atoms with E-state index in [1.165, 1.54) is 0 Å². The molecule has 5 nitrogen and oxygen atoms in total. The molecule has 1 atom stereocenters. The van der Waals surface area contributed by atoms with E-state index in [0.717, 1.165) is 4.47 Å². The number of aliphatic carboxylic acids is 1. The zero-order valence-corrected chi connectivity index (χ0v) is 14.1. The zero-order chi connectivity index (χ0) is 16.0. The van der Waals surface area contributed by atoms with Crippen LogP contribution >= 0.6 is 27.5 Å². The Bertz CT molecular complexity index is 522. The standard InChI is InChI=1S/C14H17BrClNO4/c1-8(2)11(6-14(19)20)17-13(18)7-21-12-4-3-9(15)5-10(12)16/h3-5,8,11H,6-7H2,1-2H3,(H,17,18)(H,19,20). The Morgan fingerprint density at radius 3 is 2.62 bits per heavy atom. The second-order valence-electron chi connectivity index (χ2n) is 4.88. The minimum Gasteiger partial charge on any atom is -0.482 e. The Labute approximate surface area is 136 Å². The van der Waals surface area contributed by atoms with Crippen LogP contribution in [-0.2, 0) is 9.59 Å². The van der Waals surface area contributed by atoms with Gasteiger partial charge in [-0.25, -0.2) is 0 Å². The van der Waals surface area contributed by atoms with E-state index in [-0.39, 0.29) is 24.9 Å². The van der Waals surface area contributed by atoms with Crippen LogP contribution in [0.15, 0.2) is 22.7 Å². The van der Waals surface area contributed by atoms with E-state index in [1.807, 2.05) is 13.8 Å². The van der Waals surface area contributed by atoms with Crippen LogP contribution in [0.3, 0.4) is 0 Å². The number of rotatable bonds is 7. The highest BCUT2D eigenvalue weighted by molar-refractivity contribution is 9.10. The molecular weight excluding hydrogens is 362 g/mol. The largest absolute Gasteiger partial charge is 0.482 e. The number of carboxylic acid groups (broad SMARTS) is 1. The summed E-state index contributed by atoms with van der Waals surface area (Å²) in [5.74, 6) is -0.921. The maximum atomic E-state index is 11.8. The summed E-state index contributed by atoms with van der Waals surface area (Å²) in [5, 5.41) is 11.9. The Morgan fingerprint density at radius 2 is 2.10 bits per heavy atom. The van der Waals surface area contributed by atoms with E-state index in [2.05, 4.69) is 21.2 Å². The number of carboxylic acids is 1. The maximum Gasteiger partial charge on any atom is 0.305 e. The lowest BCUT2D eigenvalue weighted by Gasteiger charge is -2.20. The fraction of sp³-hybridized carbons (Fsp3) is 0.429. The van der Waals surface area contributed by atoms with Crippen molar-refractivity contribution in [2.24, 2.45) is 5.92 Å². The number of carbonyl (C=O) groups is 2. The molecule has 0 spiro atoms. The van der Waals surface area contributed by atoms with Crippen molar-refractivity contribution in [2.45, 2.75) is 26.3 Å². The van der Waals surface area contributed by atoms with Gasteiger partial charge in [0.2, 0.25) is 0 Å². The van der Waals surface area contributed by atoms with Crippen molar-refractivity contribution in [1.29, 1.82) is 0 Å². The lowest BCUT2D eigenvalue weighted by Crippen LogP contribution is -2.42. The molecule has 1 aromatic rings. The van der Waals surface area contributed by atoms with Gasteiger partial charge in [0.15, 0.2) is 6.61 Å². The molecule has 0 bridgehead atoms. The molecule has 0 aliphatic rings. The molecule has 1 rings (SSSR count). The number of hydrogen-bond donors (Lipinski definition) is 2. The molecule has 7 heteroatoms. The number of nitrogens with one attached hydrogen (secondary N) is 1. The van der Waals surface area contributed by atoms with Gasteiger partial charge in [-0.2, -0.15) is 0 Å². The van der Waals surface area contributed by atoms with Crippen LogP contribution in [0, 0.1) is 5.92 Å². The number of ether oxygens (including phenoxy) is 1. The van der Waals surface area contributed by atoms with Crippen molar-refractivity contribution in [1.82, 2.24) is 5.32 Å². The van der Waals surface area contributed by atoms with Gasteiger partial charge in [-0.3, -0.25) is 9.59 Å². The maximum absolute atomic E-state index is 11.8. The second kappa shape index (κ2) is 8.24. The van der Waals surface area contributed by atoms with Gasteiger partial charge in [-0.1, -0.05) is 41.4 Å². The minimum atomic E-state index is -0.953. The number of carbonyl (C=O) groups excluding carboxylic acids is 1. The van der Waals surface area contributed by atoms with E-state index in [9.17, 15) is 9.59 Å². The third-order valence-corrected chi connectivity index (χ3v) is 3.59. The van der Waals surface area contributed by atoms with Gasteiger partial charge in [-0.05, 0) is 24.1 Å². The first-order chi connectivity index (χ1) is 9.79. The molecule has 0 saturated heterocycles. The molecule has 0 fully saturated rings. The molecular formula is C14H17BrClNO4. The first-order valence-corrected chi connectivity index (χ1v) is 7.55. The summed E-state index contributed by atoms with van der Waals surface area (Å²) in [6.45, 7) is 3.48. The summed E-state index contributed by atoms with van der Waals surface area (Å²) in [6, 6.07) is 4.63. The number of hydrogen-bond acceptors (Lipinski definition) is 3. The molecule has 21 heavy (non-hydrogen) atoms. The van der Waals surface area contributed by atoms with E-state index in [4.69, 9.17) is 21.4 Å². The van der Waals surface area contributed by atoms with Gasteiger partial charge < -0.3 is 15.2 Å². The Morgan fingerprint density at radius 1 is 1.43 bits per heavy atom. The Kier molecular flexibility index (Phi) is 6.98. The lowest BCUT2D eigenvalue weighted by molar-refractivity contribution is -0.138. The van der Waals surface area contributed by atoms with Crippen LogP contribution in [-0.4, -0.2) is 29.6 Å². The van der Waals surface area contributed by atoms with Gasteiger partial charge in [0.05, 0.1) is 11.4 Å². The van der Waals surface area contributed by atoms with Crippen molar-refractivity contribution in [3.8, 4) is 5.75 Å². The van der Waals surface area contributed by atoms with Crippen molar-refractivity contribution < 1.29 is 19.4 Å². The van der Waals surface area contributed by atoms with Crippen LogP contribution < -0.4 is 10.1 Å². The quantitative estimate of drug-likeness (QED) is 0.764. The predicted octanol–water partition coefficient (Wildman–Crippen LogP) is 3.10. The van der Waals surface area contributed by atoms with E-state index < -0.39 is 12.0 Å². The van der Waals surface area contributed by atoms with Crippen molar-refractivity contribution >= 4 is 39.4 Å². The first-order valence-electron chi connectivity index (χ1n) is 6.38. The van der Waals surface area contributed by atoms with Gasteiger partial charge in [0.25, 0.3) is 5.91 Å². The average molecular weight is 379 g/mol. The van der Waals surface area contributed by atoms with Gasteiger partial charge >= 0.3 is 5.97 Å². The molecule has 1 unspecified atom stereocenters. The third-order valence-electron chi connectivity index (χ3n) is 2.80. The molecule has 2 N–H and O–H groups in total. The number of benzene rings is 1. The highest BCUT2D eigenvalue weighted by Gasteiger charge is 2.19. The molecule has 0 aliphatic heterocycles. The SMILES string of the molecule is CC(C)C(CC(=O)O)NC(=O)COc1ccc(Br)cc1Cl. The fourth-order valence-electron chi connectivity index (χ4n) is 1.63. The monoisotopic (exact) mass is 377 g/mol. The summed E-state index contributed by atoms with van der Waals surface area (Å²) < 4.78 is 6.14. The highest BCUT2D eigenvalue weighted by atomic mass is 79.9. The normalized spacial score (nSPS) is 12.0. The molecule has 116 valence electrons. The fourth-order valence-corrected chi connectivity index (χ4v) is 2.35. The molecule has 0 heterocycles.